The molecular formula is C24H22F3N7O3S. The maximum atomic E-state index is 12.8. The van der Waals surface area contributed by atoms with Gasteiger partial charge in [0.25, 0.3) is 5.91 Å². The predicted octanol–water partition coefficient (Wildman–Crippen LogP) is 4.49. The number of nitrogens with one attached hydrogen (secondary N) is 3. The van der Waals surface area contributed by atoms with E-state index in [-0.39, 0.29) is 34.8 Å². The molecule has 10 nitrogen and oxygen atoms in total. The number of benzene rings is 2. The zero-order valence-electron chi connectivity index (χ0n) is 19.8. The van der Waals surface area contributed by atoms with Crippen LogP contribution in [0.5, 0.6) is 0 Å². The van der Waals surface area contributed by atoms with Crippen LogP contribution >= 0.6 is 11.3 Å². The lowest BCUT2D eigenvalue weighted by atomic mass is 10.1. The summed E-state index contributed by atoms with van der Waals surface area (Å²) in [6.07, 6.45) is -4.48. The Kier molecular flexibility index (Phi) is 7.37. The van der Waals surface area contributed by atoms with E-state index in [1.54, 1.807) is 31.2 Å². The number of carbonyl (C=O) groups excluding carboxylic acids is 2. The monoisotopic (exact) mass is 545 g/mol. The molecule has 0 aliphatic rings. The lowest BCUT2D eigenvalue weighted by Crippen LogP contribution is -2.21. The van der Waals surface area contributed by atoms with Crippen molar-refractivity contribution in [3.8, 4) is 11.3 Å². The van der Waals surface area contributed by atoms with Crippen molar-refractivity contribution in [2.45, 2.75) is 19.1 Å². The predicted molar refractivity (Wildman–Crippen MR) is 140 cm³/mol. The molecule has 0 saturated carbocycles. The van der Waals surface area contributed by atoms with Crippen molar-refractivity contribution in [3.63, 3.8) is 0 Å². The third-order valence-corrected chi connectivity index (χ3v) is 6.44. The molecule has 2 aromatic heterocycles. The van der Waals surface area contributed by atoms with E-state index in [2.05, 4.69) is 25.9 Å². The van der Waals surface area contributed by atoms with E-state index in [1.807, 2.05) is 0 Å². The maximum absolute atomic E-state index is 12.8. The minimum absolute atomic E-state index is 0.118. The van der Waals surface area contributed by atoms with Crippen LogP contribution in [0.3, 0.4) is 0 Å². The second-order valence-electron chi connectivity index (χ2n) is 8.25. The van der Waals surface area contributed by atoms with E-state index in [0.717, 1.165) is 35.6 Å². The Bertz CT molecular complexity index is 1510. The first-order valence-corrected chi connectivity index (χ1v) is 11.9. The van der Waals surface area contributed by atoms with Gasteiger partial charge in [0, 0.05) is 23.0 Å². The molecular weight excluding hydrogens is 523 g/mol. The Balaban J connectivity index is 1.64. The zero-order chi connectivity index (χ0) is 27.6. The Labute approximate surface area is 217 Å². The Morgan fingerprint density at radius 3 is 2.39 bits per heavy atom. The summed E-state index contributed by atoms with van der Waals surface area (Å²) in [5.41, 5.74) is 12.4. The molecule has 4 aromatic rings. The van der Waals surface area contributed by atoms with Gasteiger partial charge in [-0.25, -0.2) is 14.8 Å². The number of aliphatic hydroxyl groups is 1. The van der Waals surface area contributed by atoms with Crippen LogP contribution in [0.25, 0.3) is 21.5 Å². The largest absolute Gasteiger partial charge is 0.416 e. The van der Waals surface area contributed by atoms with Crippen LogP contribution in [-0.4, -0.2) is 39.7 Å². The van der Waals surface area contributed by atoms with Gasteiger partial charge in [0.2, 0.25) is 5.95 Å². The molecule has 1 atom stereocenters. The molecule has 0 spiro atoms. The number of amides is 3. The van der Waals surface area contributed by atoms with Gasteiger partial charge >= 0.3 is 12.2 Å². The highest BCUT2D eigenvalue weighted by Crippen LogP contribution is 2.39. The first-order chi connectivity index (χ1) is 18.0. The van der Waals surface area contributed by atoms with Gasteiger partial charge in [0.1, 0.15) is 9.71 Å². The lowest BCUT2D eigenvalue weighted by molar-refractivity contribution is -0.137. The molecule has 2 aromatic carbocycles. The first kappa shape index (κ1) is 26.6. The minimum atomic E-state index is -4.48. The third-order valence-electron chi connectivity index (χ3n) is 5.33. The summed E-state index contributed by atoms with van der Waals surface area (Å²) in [7, 11) is 0. The third kappa shape index (κ3) is 5.76. The smallest absolute Gasteiger partial charge is 0.397 e. The van der Waals surface area contributed by atoms with E-state index >= 15 is 0 Å². The van der Waals surface area contributed by atoms with E-state index in [1.165, 1.54) is 0 Å². The Hall–Kier alpha value is -4.43. The number of aromatic nitrogens is 2. The van der Waals surface area contributed by atoms with Crippen LogP contribution in [0, 0.1) is 0 Å². The topological polar surface area (TPSA) is 168 Å². The second-order valence-corrected chi connectivity index (χ2v) is 9.25. The van der Waals surface area contributed by atoms with Crippen molar-refractivity contribution in [2.24, 2.45) is 5.73 Å². The van der Waals surface area contributed by atoms with Gasteiger partial charge in [-0.3, -0.25) is 4.79 Å². The summed E-state index contributed by atoms with van der Waals surface area (Å²) in [6.45, 7) is 1.55. The van der Waals surface area contributed by atoms with E-state index < -0.39 is 23.7 Å². The average molecular weight is 546 g/mol. The average Bonchev–Trinajstić information content (AvgIpc) is 3.20. The number of nitrogens with two attached hydrogens (primary N) is 2. The molecule has 0 aliphatic carbocycles. The van der Waals surface area contributed by atoms with Crippen LogP contribution in [0.4, 0.5) is 41.0 Å². The number of rotatable bonds is 7. The molecule has 4 rings (SSSR count). The van der Waals surface area contributed by atoms with Crippen molar-refractivity contribution < 1.29 is 27.9 Å². The number of thiophene rings is 1. The molecule has 14 heteroatoms. The van der Waals surface area contributed by atoms with E-state index in [0.29, 0.717) is 27.2 Å². The van der Waals surface area contributed by atoms with Gasteiger partial charge in [-0.15, -0.1) is 11.3 Å². The van der Waals surface area contributed by atoms with Crippen molar-refractivity contribution in [3.05, 3.63) is 59.0 Å². The Morgan fingerprint density at radius 2 is 1.76 bits per heavy atom. The van der Waals surface area contributed by atoms with Crippen LogP contribution < -0.4 is 27.4 Å². The van der Waals surface area contributed by atoms with Crippen LogP contribution in [0.15, 0.2) is 48.5 Å². The zero-order valence-corrected chi connectivity index (χ0v) is 20.6. The number of anilines is 4. The molecule has 38 heavy (non-hydrogen) atoms. The molecule has 8 N–H and O–H groups in total. The summed E-state index contributed by atoms with van der Waals surface area (Å²) in [4.78, 5) is 33.8. The highest BCUT2D eigenvalue weighted by atomic mass is 32.1. The highest BCUT2D eigenvalue weighted by Gasteiger charge is 2.30. The molecule has 2 heterocycles. The molecule has 0 unspecified atom stereocenters. The molecule has 0 aliphatic heterocycles. The van der Waals surface area contributed by atoms with Gasteiger partial charge in [0.05, 0.1) is 28.9 Å². The Morgan fingerprint density at radius 1 is 1.08 bits per heavy atom. The number of aliphatic hydroxyl groups excluding tert-OH is 1. The normalized spacial score (nSPS) is 12.2. The summed E-state index contributed by atoms with van der Waals surface area (Å²) >= 11 is 1.00. The fraction of sp³-hybridized carbons (Fsp3) is 0.167. The number of hydrogen-bond donors (Lipinski definition) is 6. The van der Waals surface area contributed by atoms with Gasteiger partial charge in [0.15, 0.2) is 0 Å². The number of urea groups is 1. The van der Waals surface area contributed by atoms with Crippen molar-refractivity contribution in [1.29, 1.82) is 0 Å². The van der Waals surface area contributed by atoms with E-state index in [4.69, 9.17) is 11.5 Å². The van der Waals surface area contributed by atoms with Crippen molar-refractivity contribution in [2.75, 3.05) is 28.3 Å². The van der Waals surface area contributed by atoms with Crippen LogP contribution in [-0.2, 0) is 6.18 Å². The number of halogens is 3. The lowest BCUT2D eigenvalue weighted by Gasteiger charge is -2.13. The summed E-state index contributed by atoms with van der Waals surface area (Å²) in [6, 6.07) is 9.55. The second kappa shape index (κ2) is 10.5. The minimum Gasteiger partial charge on any atom is -0.397 e. The number of carbonyl (C=O) groups is 2. The molecule has 3 amide bonds. The molecule has 0 bridgehead atoms. The molecule has 198 valence electrons. The molecule has 0 radical (unpaired) electrons. The van der Waals surface area contributed by atoms with Crippen molar-refractivity contribution in [1.82, 2.24) is 9.97 Å². The maximum Gasteiger partial charge on any atom is 0.416 e. The van der Waals surface area contributed by atoms with Gasteiger partial charge in [-0.1, -0.05) is 12.1 Å². The van der Waals surface area contributed by atoms with Gasteiger partial charge in [-0.05, 0) is 43.3 Å². The standard InChI is InChI=1S/C24H22F3N7O3S/c1-11(10-35)30-22-33-18(16-17(28)19(20(29)36)38-21(16)34-22)12-3-2-4-15(9-12)32-23(37)31-14-7-5-13(6-8-14)24(25,26)27/h2-9,11,35H,10,28H2,1H3,(H2,29,36)(H,30,33,34)(H2,31,32,37)/t11-/m0/s1. The SMILES string of the molecule is C[C@@H](CO)Nc1nc(-c2cccc(NC(=O)Nc3ccc(C(F)(F)F)cc3)c2)c2c(N)c(C(N)=O)sc2n1. The first-order valence-electron chi connectivity index (χ1n) is 11.1. The van der Waals surface area contributed by atoms with Crippen LogP contribution in [0.1, 0.15) is 22.2 Å². The number of nitrogens with zero attached hydrogens (tertiary/aromatic N) is 2. The summed E-state index contributed by atoms with van der Waals surface area (Å²) < 4.78 is 38.3. The summed E-state index contributed by atoms with van der Waals surface area (Å²) in [5.74, 6) is -0.533. The molecule has 0 fully saturated rings. The number of hydrogen-bond acceptors (Lipinski definition) is 8. The van der Waals surface area contributed by atoms with Gasteiger partial charge in [-0.2, -0.15) is 13.2 Å². The number of alkyl halides is 3. The van der Waals surface area contributed by atoms with Crippen molar-refractivity contribution >= 4 is 56.5 Å². The number of primary amides is 1. The fourth-order valence-electron chi connectivity index (χ4n) is 3.52. The van der Waals surface area contributed by atoms with E-state index in [9.17, 15) is 27.9 Å². The fourth-order valence-corrected chi connectivity index (χ4v) is 4.47. The molecule has 0 saturated heterocycles. The highest BCUT2D eigenvalue weighted by molar-refractivity contribution is 7.21. The number of nitrogen functional groups attached to an aromatic ring is 1. The quantitative estimate of drug-likeness (QED) is 0.199. The van der Waals surface area contributed by atoms with Crippen LogP contribution in [0.2, 0.25) is 0 Å². The van der Waals surface area contributed by atoms with Gasteiger partial charge < -0.3 is 32.5 Å². The number of fused-ring (bicyclic) bond motifs is 1. The summed E-state index contributed by atoms with van der Waals surface area (Å²) in [5, 5.41) is 17.9.